The molecule has 0 spiro atoms. The molecule has 120 heavy (non-hydrogen) atoms. The van der Waals surface area contributed by atoms with Gasteiger partial charge in [-0.15, -0.1) is 0 Å². The molecule has 8 rings (SSSR count). The van der Waals surface area contributed by atoms with Gasteiger partial charge in [0.1, 0.15) is 72.1 Å². The Labute approximate surface area is 703 Å². The maximum Gasteiger partial charge on any atom is 0.475 e. The number of ketones is 4. The molecule has 6 aromatic rings. The highest BCUT2D eigenvalue weighted by Crippen LogP contribution is 2.44. The van der Waals surface area contributed by atoms with Gasteiger partial charge < -0.3 is 91.8 Å². The maximum absolute atomic E-state index is 15.0. The molecule has 2 aliphatic heterocycles. The largest absolute Gasteiger partial charge is 0.493 e. The molecule has 0 saturated carbocycles. The van der Waals surface area contributed by atoms with Crippen LogP contribution in [-0.2, 0) is 55.9 Å². The molecule has 8 bridgehead atoms. The number of ether oxygens (including phenoxy) is 6. The lowest BCUT2D eigenvalue weighted by molar-refractivity contribution is -0.144. The third kappa shape index (κ3) is 27.5. The molecular weight excluding hydrogens is 1540 g/mol. The Morgan fingerprint density at radius 3 is 1.32 bits per heavy atom. The van der Waals surface area contributed by atoms with E-state index in [0.717, 1.165) is 22.3 Å². The molecule has 0 radical (unpaired) electrons. The van der Waals surface area contributed by atoms with Gasteiger partial charge in [0, 0.05) is 123 Å². The van der Waals surface area contributed by atoms with Crippen LogP contribution in [0.25, 0.3) is 22.3 Å². The number of nitrogens with two attached hydrogens (primary N) is 3. The van der Waals surface area contributed by atoms with E-state index in [0.29, 0.717) is 91.7 Å². The van der Waals surface area contributed by atoms with Crippen molar-refractivity contribution in [1.82, 2.24) is 31.1 Å². The van der Waals surface area contributed by atoms with Crippen LogP contribution in [0.15, 0.2) is 109 Å². The highest BCUT2D eigenvalue weighted by atomic mass is 16.6. The number of rotatable bonds is 30. The molecule has 13 N–H and O–H groups in total. The Hall–Kier alpha value is -11.0. The Morgan fingerprint density at radius 2 is 0.908 bits per heavy atom. The number of benzene rings is 6. The number of aryl methyl sites for hydroxylation is 4. The van der Waals surface area contributed by atoms with Gasteiger partial charge in [-0.05, 0) is 183 Å². The zero-order valence-corrected chi connectivity index (χ0v) is 71.7. The number of carbonyl (C=O) groups excluding carboxylic acids is 10. The average Bonchev–Trinajstić information content (AvgIpc) is 0.781. The minimum Gasteiger partial charge on any atom is -0.493 e. The number of nitrogens with one attached hydrogen (secondary N) is 4. The molecule has 0 aliphatic carbocycles. The number of fused-ring (bicyclic) bond motifs is 10. The van der Waals surface area contributed by atoms with E-state index in [2.05, 4.69) is 21.3 Å². The Morgan fingerprint density at radius 1 is 0.508 bits per heavy atom. The van der Waals surface area contributed by atoms with Crippen LogP contribution >= 0.6 is 0 Å². The van der Waals surface area contributed by atoms with Crippen LogP contribution in [0.1, 0.15) is 185 Å². The highest BCUT2D eigenvalue weighted by Gasteiger charge is 2.40. The van der Waals surface area contributed by atoms with E-state index >= 15 is 0 Å². The first kappa shape index (κ1) is 96.1. The first-order valence-electron chi connectivity index (χ1n) is 40.7. The van der Waals surface area contributed by atoms with Gasteiger partial charge in [0.25, 0.3) is 0 Å². The number of amides is 6. The molecule has 30 heteroatoms. The molecule has 648 valence electrons. The van der Waals surface area contributed by atoms with Gasteiger partial charge in [0.05, 0.1) is 19.1 Å². The third-order valence-electron chi connectivity index (χ3n) is 20.3. The number of carboxylic acid groups (broad SMARTS) is 1. The number of hydrogen-bond acceptors (Lipinski definition) is 22. The van der Waals surface area contributed by atoms with Gasteiger partial charge in [-0.2, -0.15) is 0 Å². The van der Waals surface area contributed by atoms with Crippen LogP contribution in [-0.4, -0.2) is 193 Å². The number of alkyl carbamates (subject to hydrolysis) is 2. The van der Waals surface area contributed by atoms with Crippen LogP contribution in [0.4, 0.5) is 9.59 Å². The summed E-state index contributed by atoms with van der Waals surface area (Å²) in [4.78, 5) is 153. The van der Waals surface area contributed by atoms with Crippen molar-refractivity contribution in [1.29, 1.82) is 0 Å². The summed E-state index contributed by atoms with van der Waals surface area (Å²) in [5.74, 6) is -8.23. The third-order valence-corrected chi connectivity index (χ3v) is 20.3. The SMILES string of the molecule is CCCOc1ccc2cc1-c1cc(ccc1OCCNC(=O)OC(C)(C)C)C[C@@H](C(=O)O)NC(=O)[C@H](C)CC(=O)[C@H]2N(C)C(=O)[C@H](CCNC(=O)OC(C)(C)C)CC(=O)c1ccc(C)cc1C.Cc1ccc(C(=O)C[C@@H](CCN)C(=O)N(C)[C@@H]2C(=O)C[C@@H](C)C(=O)N[C@H](B(O)O)Cc3ccc(OCCN)c(c3)-c3cc2ccc3OCCN)c(C)c1. The molecule has 8 atom stereocenters. The number of carboxylic acids is 1. The second kappa shape index (κ2) is 44.3. The van der Waals surface area contributed by atoms with E-state index in [9.17, 15) is 67.9 Å². The molecule has 29 nitrogen and oxygen atoms in total. The lowest BCUT2D eigenvalue weighted by Gasteiger charge is -2.32. The predicted octanol–water partition coefficient (Wildman–Crippen LogP) is 9.72. The van der Waals surface area contributed by atoms with Crippen LogP contribution in [0, 0.1) is 51.4 Å². The summed E-state index contributed by atoms with van der Waals surface area (Å²) in [6.07, 6.45) is -1.51. The van der Waals surface area contributed by atoms with Crippen molar-refractivity contribution in [3.8, 4) is 45.3 Å². The molecular formula is C90H120BN9O20. The van der Waals surface area contributed by atoms with Gasteiger partial charge in [-0.3, -0.25) is 38.4 Å². The zero-order valence-electron chi connectivity index (χ0n) is 71.7. The van der Waals surface area contributed by atoms with Crippen LogP contribution in [0.3, 0.4) is 0 Å². The van der Waals surface area contributed by atoms with Crippen molar-refractivity contribution in [2.45, 2.75) is 183 Å². The molecule has 2 aliphatic rings. The Kier molecular flexibility index (Phi) is 35.5. The fourth-order valence-electron chi connectivity index (χ4n) is 14.4. The summed E-state index contributed by atoms with van der Waals surface area (Å²) in [5, 5.41) is 41.4. The smallest absolute Gasteiger partial charge is 0.475 e. The lowest BCUT2D eigenvalue weighted by atomic mass is 9.75. The quantitative estimate of drug-likeness (QED) is 0.0114. The van der Waals surface area contributed by atoms with Crippen molar-refractivity contribution >= 4 is 72.0 Å². The van der Waals surface area contributed by atoms with Crippen molar-refractivity contribution in [3.63, 3.8) is 0 Å². The lowest BCUT2D eigenvalue weighted by Crippen LogP contribution is -2.50. The Balaban J connectivity index is 0.000000340. The maximum atomic E-state index is 15.0. The summed E-state index contributed by atoms with van der Waals surface area (Å²) < 4.78 is 35.4. The topological polar surface area (TPSA) is 436 Å². The van der Waals surface area contributed by atoms with Gasteiger partial charge >= 0.3 is 25.3 Å². The van der Waals surface area contributed by atoms with Crippen LogP contribution in [0.2, 0.25) is 0 Å². The highest BCUT2D eigenvalue weighted by molar-refractivity contribution is 6.43. The van der Waals surface area contributed by atoms with Crippen LogP contribution < -0.4 is 57.4 Å². The van der Waals surface area contributed by atoms with Gasteiger partial charge in [-0.25, -0.2) is 14.4 Å². The minimum atomic E-state index is -1.90. The second-order valence-electron chi connectivity index (χ2n) is 32.8. The van der Waals surface area contributed by atoms with E-state index in [1.54, 1.807) is 133 Å². The van der Waals surface area contributed by atoms with E-state index < -0.39 is 119 Å². The Bertz CT molecular complexity index is 4650. The number of aliphatic carboxylic acids is 1. The van der Waals surface area contributed by atoms with Gasteiger partial charge in [0.2, 0.25) is 23.6 Å². The van der Waals surface area contributed by atoms with E-state index in [-0.39, 0.29) is 115 Å². The number of carbonyl (C=O) groups is 11. The summed E-state index contributed by atoms with van der Waals surface area (Å²) in [6, 6.07) is 27.6. The second-order valence-corrected chi connectivity index (χ2v) is 32.8. The molecule has 2 heterocycles. The van der Waals surface area contributed by atoms with Gasteiger partial charge in [-0.1, -0.05) is 92.6 Å². The fourth-order valence-corrected chi connectivity index (χ4v) is 14.4. The van der Waals surface area contributed by atoms with Crippen molar-refractivity contribution in [2.75, 3.05) is 73.2 Å². The van der Waals surface area contributed by atoms with E-state index in [1.807, 2.05) is 58.9 Å². The summed E-state index contributed by atoms with van der Waals surface area (Å²) in [6.45, 7) is 24.3. The van der Waals surface area contributed by atoms with Crippen molar-refractivity contribution in [2.24, 2.45) is 40.9 Å². The van der Waals surface area contributed by atoms with E-state index in [1.165, 1.54) is 30.8 Å². The first-order chi connectivity index (χ1) is 56.6. The standard InChI is InChI=1S/C51H68N4O12.C39H52BN5O8/c1-12-22-64-43-18-15-34-28-38(43)37-26-33(14-17-42(37)65-23-21-53-49(63)67-51(8,9)10)27-39(47(60)61)54-45(58)32(4)25-41(57)44(34)55(11)46(59)35(19-20-52-48(62)66-50(5,6)7)29-40(56)36-16-13-30(2)24-31(36)3;1-23-5-8-29(24(2)17-23)32(46)22-28(11-12-41)39(49)45(4)37-27-7-10-35(53-16-14-43)31(21-27)30-19-26(6-9-34(30)52-15-13-42)20-36(40(50)51)44-38(48)25(3)18-33(37)47/h13-18,24,26,28,32,35,39,44H,12,19-23,25,27,29H2,1-11H3,(H,52,62)(H,53,63)(H,54,58)(H,60,61);5-10,17,19,21,25,28,36-37,50-51H,11-16,18,20,22,41-43H2,1-4H3,(H,44,48)/t32-,35-,39+,44+;25-,28-,36+,37+/m11/s1. The average molecular weight is 1660 g/mol. The van der Waals surface area contributed by atoms with Crippen molar-refractivity contribution < 1.29 is 96.3 Å². The molecule has 0 saturated heterocycles. The number of hydrogen-bond donors (Lipinski definition) is 10. The molecule has 6 amide bonds. The number of Topliss-reactive ketones (excluding diaryl/α,β-unsaturated/α-hetero) is 4. The molecule has 0 aromatic heterocycles. The predicted molar refractivity (Wildman–Crippen MR) is 455 cm³/mol. The summed E-state index contributed by atoms with van der Waals surface area (Å²) in [5.41, 5.74) is 24.5. The van der Waals surface area contributed by atoms with Crippen LogP contribution in [0.5, 0.6) is 23.0 Å². The van der Waals surface area contributed by atoms with E-state index in [4.69, 9.17) is 45.6 Å². The van der Waals surface area contributed by atoms with Crippen molar-refractivity contribution in [3.05, 3.63) is 165 Å². The fraction of sp³-hybridized carbons (Fsp3) is 0.478. The zero-order chi connectivity index (χ0) is 88.6. The summed E-state index contributed by atoms with van der Waals surface area (Å²) in [7, 11) is 1.07. The normalized spacial score (nSPS) is 17.4. The number of nitrogens with zero attached hydrogens (tertiary/aromatic N) is 2. The molecule has 6 aromatic carbocycles. The molecule has 0 fully saturated rings. The molecule has 0 unspecified atom stereocenters. The number of likely N-dealkylation sites (N-methyl/N-ethyl adjacent to an activating group) is 2. The minimum absolute atomic E-state index is 0.00544. The first-order valence-corrected chi connectivity index (χ1v) is 40.7. The summed E-state index contributed by atoms with van der Waals surface area (Å²) >= 11 is 0. The van der Waals surface area contributed by atoms with Gasteiger partial charge in [0.15, 0.2) is 23.1 Å². The monoisotopic (exact) mass is 1660 g/mol.